The Morgan fingerprint density at radius 2 is 1.24 bits per heavy atom. The van der Waals surface area contributed by atoms with Gasteiger partial charge in [-0.15, -0.1) is 0 Å². The maximum absolute atomic E-state index is 6.76. The molecular formula is C53H39NO. The first-order valence-corrected chi connectivity index (χ1v) is 19.4. The maximum Gasteiger partial charge on any atom is 0.143 e. The first-order valence-electron chi connectivity index (χ1n) is 19.4. The van der Waals surface area contributed by atoms with Crippen LogP contribution >= 0.6 is 0 Å². The average molecular weight is 706 g/mol. The second kappa shape index (κ2) is 12.2. The highest BCUT2D eigenvalue weighted by atomic mass is 16.3. The summed E-state index contributed by atoms with van der Waals surface area (Å²) in [6.07, 6.45) is 7.95. The normalized spacial score (nSPS) is 15.7. The number of hydrogen-bond donors (Lipinski definition) is 0. The van der Waals surface area contributed by atoms with Crippen molar-refractivity contribution in [1.82, 2.24) is 0 Å². The van der Waals surface area contributed by atoms with Crippen LogP contribution in [0.3, 0.4) is 0 Å². The lowest BCUT2D eigenvalue weighted by molar-refractivity contribution is 0.415. The zero-order valence-corrected chi connectivity index (χ0v) is 31.0. The van der Waals surface area contributed by atoms with Gasteiger partial charge >= 0.3 is 0 Å². The lowest BCUT2D eigenvalue weighted by Gasteiger charge is -2.30. The number of benzene rings is 8. The zero-order chi connectivity index (χ0) is 36.7. The van der Waals surface area contributed by atoms with Crippen molar-refractivity contribution >= 4 is 66.1 Å². The Morgan fingerprint density at radius 3 is 2.09 bits per heavy atom. The Balaban J connectivity index is 0.994. The highest BCUT2D eigenvalue weighted by Crippen LogP contribution is 2.54. The molecule has 0 amide bonds. The van der Waals surface area contributed by atoms with Crippen LogP contribution in [0.5, 0.6) is 0 Å². The highest BCUT2D eigenvalue weighted by molar-refractivity contribution is 6.20. The second-order valence-electron chi connectivity index (χ2n) is 15.7. The van der Waals surface area contributed by atoms with E-state index in [1.807, 2.05) is 0 Å². The monoisotopic (exact) mass is 705 g/mol. The first-order chi connectivity index (χ1) is 27.0. The van der Waals surface area contributed by atoms with Crippen molar-refractivity contribution in [2.75, 3.05) is 4.90 Å². The van der Waals surface area contributed by atoms with Gasteiger partial charge in [0.05, 0.1) is 0 Å². The maximum atomic E-state index is 6.76. The molecule has 262 valence electrons. The average Bonchev–Trinajstić information content (AvgIpc) is 3.72. The van der Waals surface area contributed by atoms with Crippen LogP contribution in [0.2, 0.25) is 0 Å². The van der Waals surface area contributed by atoms with E-state index in [-0.39, 0.29) is 5.41 Å². The van der Waals surface area contributed by atoms with Gasteiger partial charge in [0.15, 0.2) is 0 Å². The number of fused-ring (bicyclic) bond motifs is 9. The summed E-state index contributed by atoms with van der Waals surface area (Å²) in [5.74, 6) is 0.515. The summed E-state index contributed by atoms with van der Waals surface area (Å²) in [5.41, 5.74) is 14.4. The molecule has 0 saturated carbocycles. The Bertz CT molecular complexity index is 3030. The Labute approximate surface area is 321 Å². The Morgan fingerprint density at radius 1 is 0.527 bits per heavy atom. The van der Waals surface area contributed by atoms with E-state index in [4.69, 9.17) is 4.42 Å². The standard InChI is InChI=1S/C53H39NO/c1-53(2)49-22-11-10-19-43(49)44-30-28-39(32-50(44)53)54(37-15-4-3-5-16-37)38-26-23-34(24-27-38)36-25-29-45-48-33-47(41-21-12-14-35-13-6-7-17-40(35)41)42-18-8-9-20-46(42)52(48)55-51(45)31-36/h3-21,23-33,49H,22H2,1-2H3. The summed E-state index contributed by atoms with van der Waals surface area (Å²) in [6.45, 7) is 4.82. The molecule has 8 aromatic carbocycles. The number of para-hydroxylation sites is 1. The molecule has 2 aliphatic rings. The smallest absolute Gasteiger partial charge is 0.143 e. The van der Waals surface area contributed by atoms with E-state index in [0.717, 1.165) is 56.2 Å². The van der Waals surface area contributed by atoms with E-state index >= 15 is 0 Å². The van der Waals surface area contributed by atoms with Gasteiger partial charge in [0.2, 0.25) is 0 Å². The van der Waals surface area contributed by atoms with Gasteiger partial charge in [-0.25, -0.2) is 0 Å². The van der Waals surface area contributed by atoms with Crippen molar-refractivity contribution in [3.05, 3.63) is 193 Å². The molecule has 2 aliphatic carbocycles. The first kappa shape index (κ1) is 31.8. The number of allylic oxidation sites excluding steroid dienone is 4. The molecule has 9 aromatic rings. The molecule has 2 nitrogen and oxygen atoms in total. The minimum Gasteiger partial charge on any atom is -0.455 e. The topological polar surface area (TPSA) is 16.4 Å². The summed E-state index contributed by atoms with van der Waals surface area (Å²) in [5, 5.41) is 7.10. The van der Waals surface area contributed by atoms with Crippen LogP contribution < -0.4 is 4.90 Å². The molecule has 0 aliphatic heterocycles. The summed E-state index contributed by atoms with van der Waals surface area (Å²) >= 11 is 0. The Hall–Kier alpha value is -6.64. The molecule has 0 saturated heterocycles. The molecule has 1 heterocycles. The predicted octanol–water partition coefficient (Wildman–Crippen LogP) is 14.9. The third-order valence-electron chi connectivity index (χ3n) is 12.3. The fourth-order valence-electron chi connectivity index (χ4n) is 9.52. The van der Waals surface area contributed by atoms with E-state index in [9.17, 15) is 0 Å². The van der Waals surface area contributed by atoms with E-state index in [0.29, 0.717) is 5.92 Å². The number of furan rings is 1. The van der Waals surface area contributed by atoms with Crippen LogP contribution in [0.15, 0.2) is 186 Å². The zero-order valence-electron chi connectivity index (χ0n) is 31.0. The molecule has 1 aromatic heterocycles. The van der Waals surface area contributed by atoms with Crippen molar-refractivity contribution in [3.63, 3.8) is 0 Å². The molecule has 0 bridgehead atoms. The lowest BCUT2D eigenvalue weighted by Crippen LogP contribution is -2.24. The highest BCUT2D eigenvalue weighted by Gasteiger charge is 2.42. The summed E-state index contributed by atoms with van der Waals surface area (Å²) in [6, 6.07) is 59.7. The van der Waals surface area contributed by atoms with Crippen molar-refractivity contribution in [2.45, 2.75) is 25.7 Å². The molecule has 11 rings (SSSR count). The molecule has 0 N–H and O–H groups in total. The van der Waals surface area contributed by atoms with E-state index in [1.165, 1.54) is 49.7 Å². The van der Waals surface area contributed by atoms with Gasteiger partial charge < -0.3 is 9.32 Å². The van der Waals surface area contributed by atoms with Crippen LogP contribution in [0.25, 0.3) is 71.3 Å². The van der Waals surface area contributed by atoms with E-state index < -0.39 is 0 Å². The van der Waals surface area contributed by atoms with Gasteiger partial charge in [0.25, 0.3) is 0 Å². The molecule has 2 heteroatoms. The molecular weight excluding hydrogens is 667 g/mol. The van der Waals surface area contributed by atoms with Crippen molar-refractivity contribution in [2.24, 2.45) is 5.92 Å². The largest absolute Gasteiger partial charge is 0.455 e. The number of rotatable bonds is 5. The number of hydrogen-bond acceptors (Lipinski definition) is 2. The van der Waals surface area contributed by atoms with Crippen molar-refractivity contribution in [3.8, 4) is 22.3 Å². The minimum atomic E-state index is 0.0627. The summed E-state index contributed by atoms with van der Waals surface area (Å²) in [4.78, 5) is 2.38. The van der Waals surface area contributed by atoms with Crippen LogP contribution in [-0.4, -0.2) is 0 Å². The lowest BCUT2D eigenvalue weighted by atomic mass is 9.75. The molecule has 1 atom stereocenters. The van der Waals surface area contributed by atoms with Gasteiger partial charge in [-0.2, -0.15) is 0 Å². The summed E-state index contributed by atoms with van der Waals surface area (Å²) < 4.78 is 6.76. The second-order valence-corrected chi connectivity index (χ2v) is 15.7. The van der Waals surface area contributed by atoms with Gasteiger partial charge in [-0.05, 0) is 127 Å². The molecule has 0 spiro atoms. The number of anilines is 3. The third-order valence-corrected chi connectivity index (χ3v) is 12.3. The molecule has 1 unspecified atom stereocenters. The van der Waals surface area contributed by atoms with Crippen LogP contribution in [0.1, 0.15) is 31.4 Å². The van der Waals surface area contributed by atoms with Gasteiger partial charge in [0, 0.05) is 33.2 Å². The van der Waals surface area contributed by atoms with E-state index in [1.54, 1.807) is 0 Å². The Kier molecular flexibility index (Phi) is 7.06. The quantitative estimate of drug-likeness (QED) is 0.177. The minimum absolute atomic E-state index is 0.0627. The number of nitrogens with zero attached hydrogens (tertiary/aromatic N) is 1. The van der Waals surface area contributed by atoms with Gasteiger partial charge in [0.1, 0.15) is 11.2 Å². The SMILES string of the molecule is CC1(C)c2cc(N(c3ccccc3)c3ccc(-c4ccc5c(c4)oc4c6ccccc6c(-c6cccc7ccccc67)cc54)cc3)ccc2C2=CC=CCC21. The van der Waals surface area contributed by atoms with Crippen LogP contribution in [-0.2, 0) is 5.41 Å². The fraction of sp³-hybridized carbons (Fsp3) is 0.0943. The third kappa shape index (κ3) is 4.95. The van der Waals surface area contributed by atoms with Gasteiger partial charge in [-0.3, -0.25) is 0 Å². The van der Waals surface area contributed by atoms with E-state index in [2.05, 4.69) is 201 Å². The van der Waals surface area contributed by atoms with Gasteiger partial charge in [-0.1, -0.05) is 141 Å². The van der Waals surface area contributed by atoms with Crippen LogP contribution in [0.4, 0.5) is 17.1 Å². The molecule has 0 fully saturated rings. The van der Waals surface area contributed by atoms with Crippen LogP contribution in [0, 0.1) is 5.92 Å². The van der Waals surface area contributed by atoms with Crippen molar-refractivity contribution < 1.29 is 4.42 Å². The predicted molar refractivity (Wildman–Crippen MR) is 233 cm³/mol. The summed E-state index contributed by atoms with van der Waals surface area (Å²) in [7, 11) is 0. The fourth-order valence-corrected chi connectivity index (χ4v) is 9.52. The van der Waals surface area contributed by atoms with Crippen molar-refractivity contribution in [1.29, 1.82) is 0 Å². The molecule has 55 heavy (non-hydrogen) atoms. The molecule has 0 radical (unpaired) electrons.